The second-order valence-electron chi connectivity index (χ2n) is 4.92. The first-order valence-corrected chi connectivity index (χ1v) is 6.27. The molecule has 17 heavy (non-hydrogen) atoms. The van der Waals surface area contributed by atoms with Crippen molar-refractivity contribution in [3.05, 3.63) is 23.4 Å². The highest BCUT2D eigenvalue weighted by molar-refractivity contribution is 5.85. The van der Waals surface area contributed by atoms with Crippen LogP contribution in [0.5, 0.6) is 0 Å². The fraction of sp³-hybridized carbons (Fsp3) is 0.615. The number of rotatable bonds is 2. The van der Waals surface area contributed by atoms with Crippen LogP contribution in [0.3, 0.4) is 0 Å². The highest BCUT2D eigenvalue weighted by atomic mass is 35.5. The Morgan fingerprint density at radius 1 is 1.29 bits per heavy atom. The molecule has 1 saturated heterocycles. The summed E-state index contributed by atoms with van der Waals surface area (Å²) in [7, 11) is 0. The summed E-state index contributed by atoms with van der Waals surface area (Å²) >= 11 is 0. The standard InChI is InChI=1S/C13H19N3.ClH/c1-10-8-12(11-2-3-11)9-15-13(10)16-6-4-14-5-7-16;/h8-9,11,14H,2-7H2,1H3;1H. The van der Waals surface area contributed by atoms with Crippen molar-refractivity contribution in [2.75, 3.05) is 31.1 Å². The van der Waals surface area contributed by atoms with Crippen LogP contribution >= 0.6 is 12.4 Å². The number of nitrogens with one attached hydrogen (secondary N) is 1. The highest BCUT2D eigenvalue weighted by Crippen LogP contribution is 2.40. The van der Waals surface area contributed by atoms with E-state index in [0.717, 1.165) is 32.1 Å². The lowest BCUT2D eigenvalue weighted by molar-refractivity contribution is 0.584. The topological polar surface area (TPSA) is 28.2 Å². The summed E-state index contributed by atoms with van der Waals surface area (Å²) in [5.41, 5.74) is 2.78. The van der Waals surface area contributed by atoms with Crippen molar-refractivity contribution in [2.45, 2.75) is 25.7 Å². The van der Waals surface area contributed by atoms with Crippen LogP contribution in [0.15, 0.2) is 12.3 Å². The number of halogens is 1. The fourth-order valence-electron chi connectivity index (χ4n) is 2.44. The Morgan fingerprint density at radius 3 is 2.59 bits per heavy atom. The van der Waals surface area contributed by atoms with Gasteiger partial charge in [-0.15, -0.1) is 12.4 Å². The molecule has 1 saturated carbocycles. The van der Waals surface area contributed by atoms with E-state index in [2.05, 4.69) is 34.4 Å². The maximum Gasteiger partial charge on any atom is 0.131 e. The average Bonchev–Trinajstić information content (AvgIpc) is 3.14. The summed E-state index contributed by atoms with van der Waals surface area (Å²) in [6.45, 7) is 6.50. The number of anilines is 1. The summed E-state index contributed by atoms with van der Waals surface area (Å²) < 4.78 is 0. The Balaban J connectivity index is 0.00000108. The van der Waals surface area contributed by atoms with Crippen LogP contribution in [0, 0.1) is 6.92 Å². The number of aryl methyl sites for hydroxylation is 1. The van der Waals surface area contributed by atoms with Crippen LogP contribution in [-0.4, -0.2) is 31.2 Å². The Hall–Kier alpha value is -0.800. The number of hydrogen-bond acceptors (Lipinski definition) is 3. The van der Waals surface area contributed by atoms with Gasteiger partial charge >= 0.3 is 0 Å². The van der Waals surface area contributed by atoms with E-state index >= 15 is 0 Å². The van der Waals surface area contributed by atoms with Gasteiger partial charge in [-0.3, -0.25) is 0 Å². The van der Waals surface area contributed by atoms with Crippen LogP contribution in [0.4, 0.5) is 5.82 Å². The van der Waals surface area contributed by atoms with Crippen LogP contribution < -0.4 is 10.2 Å². The van der Waals surface area contributed by atoms with Crippen molar-refractivity contribution in [3.63, 3.8) is 0 Å². The molecule has 1 aliphatic heterocycles. The number of piperazine rings is 1. The molecule has 0 radical (unpaired) electrons. The van der Waals surface area contributed by atoms with Crippen molar-refractivity contribution in [1.29, 1.82) is 0 Å². The molecule has 0 bridgehead atoms. The molecule has 0 atom stereocenters. The van der Waals surface area contributed by atoms with Crippen LogP contribution in [0.1, 0.15) is 29.9 Å². The van der Waals surface area contributed by atoms with Gasteiger partial charge in [-0.1, -0.05) is 6.07 Å². The first-order chi connectivity index (χ1) is 7.84. The molecule has 2 fully saturated rings. The van der Waals surface area contributed by atoms with Crippen molar-refractivity contribution in [3.8, 4) is 0 Å². The molecular weight excluding hydrogens is 234 g/mol. The maximum atomic E-state index is 4.66. The molecule has 0 spiro atoms. The Kier molecular flexibility index (Phi) is 3.89. The van der Waals surface area contributed by atoms with E-state index in [4.69, 9.17) is 0 Å². The molecule has 3 nitrogen and oxygen atoms in total. The monoisotopic (exact) mass is 253 g/mol. The molecule has 3 rings (SSSR count). The van der Waals surface area contributed by atoms with Gasteiger partial charge in [0.25, 0.3) is 0 Å². The smallest absolute Gasteiger partial charge is 0.131 e. The zero-order valence-electron chi connectivity index (χ0n) is 10.3. The average molecular weight is 254 g/mol. The number of pyridine rings is 1. The third-order valence-electron chi connectivity index (χ3n) is 3.54. The van der Waals surface area contributed by atoms with Gasteiger partial charge in [-0.05, 0) is 36.8 Å². The zero-order valence-corrected chi connectivity index (χ0v) is 11.1. The molecule has 1 aromatic rings. The van der Waals surface area contributed by atoms with Gasteiger partial charge in [0.15, 0.2) is 0 Å². The minimum atomic E-state index is 0. The van der Waals surface area contributed by atoms with Crippen molar-refractivity contribution in [2.24, 2.45) is 0 Å². The minimum absolute atomic E-state index is 0. The summed E-state index contributed by atoms with van der Waals surface area (Å²) in [6.07, 6.45) is 4.80. The molecule has 0 aromatic carbocycles. The van der Waals surface area contributed by atoms with Crippen molar-refractivity contribution in [1.82, 2.24) is 10.3 Å². The van der Waals surface area contributed by atoms with E-state index in [9.17, 15) is 0 Å². The lowest BCUT2D eigenvalue weighted by Gasteiger charge is -2.29. The van der Waals surface area contributed by atoms with Gasteiger partial charge in [0.2, 0.25) is 0 Å². The molecule has 2 heterocycles. The number of nitrogens with zero attached hydrogens (tertiary/aromatic N) is 2. The predicted octanol–water partition coefficient (Wildman–Crippen LogP) is 2.10. The fourth-order valence-corrected chi connectivity index (χ4v) is 2.44. The summed E-state index contributed by atoms with van der Waals surface area (Å²) in [6, 6.07) is 2.34. The van der Waals surface area contributed by atoms with Crippen molar-refractivity contribution < 1.29 is 0 Å². The summed E-state index contributed by atoms with van der Waals surface area (Å²) in [5.74, 6) is 1.99. The van der Waals surface area contributed by atoms with Crippen molar-refractivity contribution >= 4 is 18.2 Å². The summed E-state index contributed by atoms with van der Waals surface area (Å²) in [4.78, 5) is 7.05. The van der Waals surface area contributed by atoms with Gasteiger partial charge in [-0.2, -0.15) is 0 Å². The molecule has 1 N–H and O–H groups in total. The van der Waals surface area contributed by atoms with E-state index in [1.165, 1.54) is 29.8 Å². The van der Waals surface area contributed by atoms with Crippen LogP contribution in [0.2, 0.25) is 0 Å². The predicted molar refractivity (Wildman–Crippen MR) is 73.3 cm³/mol. The molecule has 0 unspecified atom stereocenters. The van der Waals surface area contributed by atoms with E-state index in [0.29, 0.717) is 0 Å². The quantitative estimate of drug-likeness (QED) is 0.875. The molecule has 94 valence electrons. The number of hydrogen-bond donors (Lipinski definition) is 1. The van der Waals surface area contributed by atoms with E-state index in [-0.39, 0.29) is 12.4 Å². The van der Waals surface area contributed by atoms with Gasteiger partial charge in [-0.25, -0.2) is 4.98 Å². The van der Waals surface area contributed by atoms with Gasteiger partial charge in [0.05, 0.1) is 0 Å². The molecule has 1 aliphatic carbocycles. The largest absolute Gasteiger partial charge is 0.354 e. The van der Waals surface area contributed by atoms with Gasteiger partial charge < -0.3 is 10.2 Å². The van der Waals surface area contributed by atoms with Crippen LogP contribution in [0.25, 0.3) is 0 Å². The summed E-state index contributed by atoms with van der Waals surface area (Å²) in [5, 5.41) is 3.37. The van der Waals surface area contributed by atoms with Gasteiger partial charge in [0.1, 0.15) is 5.82 Å². The first kappa shape index (κ1) is 12.7. The molecule has 1 aromatic heterocycles. The second kappa shape index (κ2) is 5.23. The minimum Gasteiger partial charge on any atom is -0.354 e. The zero-order chi connectivity index (χ0) is 11.0. The Morgan fingerprint density at radius 2 is 2.00 bits per heavy atom. The first-order valence-electron chi connectivity index (χ1n) is 6.27. The van der Waals surface area contributed by atoms with Crippen LogP contribution in [-0.2, 0) is 0 Å². The van der Waals surface area contributed by atoms with E-state index in [1.54, 1.807) is 0 Å². The van der Waals surface area contributed by atoms with E-state index in [1.807, 2.05) is 0 Å². The molecular formula is C13H20ClN3. The lowest BCUT2D eigenvalue weighted by atomic mass is 10.1. The highest BCUT2D eigenvalue weighted by Gasteiger charge is 2.24. The molecule has 4 heteroatoms. The third-order valence-corrected chi connectivity index (χ3v) is 3.54. The SMILES string of the molecule is Cc1cc(C2CC2)cnc1N1CCNCC1.Cl. The second-order valence-corrected chi connectivity index (χ2v) is 4.92. The maximum absolute atomic E-state index is 4.66. The van der Waals surface area contributed by atoms with E-state index < -0.39 is 0 Å². The molecule has 2 aliphatic rings. The third kappa shape index (κ3) is 2.72. The molecule has 0 amide bonds. The number of aromatic nitrogens is 1. The lowest BCUT2D eigenvalue weighted by Crippen LogP contribution is -2.44. The Bertz CT molecular complexity index is 384. The Labute approximate surface area is 109 Å². The van der Waals surface area contributed by atoms with Gasteiger partial charge in [0, 0.05) is 32.4 Å². The normalized spacial score (nSPS) is 19.9.